The standard InChI is InChI=1S/C14H9NO6S2/c16-4-1-2-5-6(3-4)21-13(19)8-7(5)9-11(15-14(20)23-9)22-10(8)12(17)18/h1-3,7-8,10,16H,(H,15,20)(H,17,18)/t7-,8+,10+/m0/s1. The number of esters is 1. The van der Waals surface area contributed by atoms with Crippen molar-refractivity contribution in [2.45, 2.75) is 16.2 Å². The summed E-state index contributed by atoms with van der Waals surface area (Å²) in [6.07, 6.45) is 0. The molecule has 0 unspecified atom stereocenters. The van der Waals surface area contributed by atoms with Crippen molar-refractivity contribution in [3.63, 3.8) is 0 Å². The van der Waals surface area contributed by atoms with E-state index < -0.39 is 29.0 Å². The number of aliphatic carboxylic acids is 1. The number of H-pyrrole nitrogens is 1. The summed E-state index contributed by atoms with van der Waals surface area (Å²) in [5.41, 5.74) is 0.593. The van der Waals surface area contributed by atoms with Crippen LogP contribution in [0.15, 0.2) is 28.0 Å². The molecule has 3 atom stereocenters. The number of hydrogen-bond donors (Lipinski definition) is 3. The van der Waals surface area contributed by atoms with Crippen molar-refractivity contribution < 1.29 is 24.5 Å². The molecular formula is C14H9NO6S2. The molecule has 9 heteroatoms. The molecule has 0 fully saturated rings. The van der Waals surface area contributed by atoms with Gasteiger partial charge in [-0.2, -0.15) is 0 Å². The molecule has 0 radical (unpaired) electrons. The fourth-order valence-electron chi connectivity index (χ4n) is 3.00. The van der Waals surface area contributed by atoms with E-state index in [4.69, 9.17) is 4.74 Å². The van der Waals surface area contributed by atoms with E-state index in [1.807, 2.05) is 0 Å². The highest BCUT2D eigenvalue weighted by atomic mass is 32.2. The molecular weight excluding hydrogens is 342 g/mol. The van der Waals surface area contributed by atoms with Crippen molar-refractivity contribution in [3.8, 4) is 11.5 Å². The molecule has 2 aromatic rings. The van der Waals surface area contributed by atoms with Gasteiger partial charge in [-0.3, -0.25) is 14.4 Å². The Hall–Kier alpha value is -2.26. The third kappa shape index (κ3) is 2.07. The van der Waals surface area contributed by atoms with E-state index in [0.29, 0.717) is 15.5 Å². The van der Waals surface area contributed by atoms with Gasteiger partial charge in [0.25, 0.3) is 0 Å². The molecule has 3 heterocycles. The Balaban J connectivity index is 1.98. The first kappa shape index (κ1) is 14.3. The quantitative estimate of drug-likeness (QED) is 0.525. The second kappa shape index (κ2) is 4.87. The predicted octanol–water partition coefficient (Wildman–Crippen LogP) is 1.37. The lowest BCUT2D eigenvalue weighted by Gasteiger charge is -2.37. The number of carboxylic acid groups (broad SMARTS) is 1. The maximum absolute atomic E-state index is 12.4. The average molecular weight is 351 g/mol. The zero-order valence-corrected chi connectivity index (χ0v) is 12.9. The molecule has 3 N–H and O–H groups in total. The molecule has 0 bridgehead atoms. The Labute approximate surface area is 136 Å². The Bertz CT molecular complexity index is 901. The van der Waals surface area contributed by atoms with E-state index in [2.05, 4.69) is 4.98 Å². The van der Waals surface area contributed by atoms with E-state index in [1.54, 1.807) is 6.07 Å². The molecule has 0 saturated carbocycles. The van der Waals surface area contributed by atoms with Crippen LogP contribution in [0.1, 0.15) is 16.4 Å². The Morgan fingerprint density at radius 3 is 2.83 bits per heavy atom. The van der Waals surface area contributed by atoms with Crippen LogP contribution in [0.5, 0.6) is 11.5 Å². The number of thiazole rings is 1. The maximum Gasteiger partial charge on any atom is 0.317 e. The highest BCUT2D eigenvalue weighted by Gasteiger charge is 2.51. The van der Waals surface area contributed by atoms with Crippen molar-refractivity contribution in [1.29, 1.82) is 0 Å². The van der Waals surface area contributed by atoms with Gasteiger partial charge in [-0.05, 0) is 6.07 Å². The molecule has 0 saturated heterocycles. The van der Waals surface area contributed by atoms with Crippen LogP contribution in [0.25, 0.3) is 0 Å². The highest BCUT2D eigenvalue weighted by molar-refractivity contribution is 8.00. The van der Waals surface area contributed by atoms with Crippen LogP contribution in [0.3, 0.4) is 0 Å². The molecule has 1 aromatic heterocycles. The lowest BCUT2D eigenvalue weighted by molar-refractivity contribution is -0.147. The minimum atomic E-state index is -1.14. The van der Waals surface area contributed by atoms with Gasteiger partial charge in [-0.1, -0.05) is 29.2 Å². The van der Waals surface area contributed by atoms with Gasteiger partial charge >= 0.3 is 16.8 Å². The number of carbonyl (C=O) groups excluding carboxylic acids is 1. The van der Waals surface area contributed by atoms with Gasteiger partial charge in [-0.25, -0.2) is 0 Å². The van der Waals surface area contributed by atoms with Crippen molar-refractivity contribution >= 4 is 35.0 Å². The van der Waals surface area contributed by atoms with E-state index >= 15 is 0 Å². The third-order valence-electron chi connectivity index (χ3n) is 3.91. The van der Waals surface area contributed by atoms with Crippen LogP contribution in [0.4, 0.5) is 0 Å². The molecule has 1 aromatic carbocycles. The van der Waals surface area contributed by atoms with E-state index in [-0.39, 0.29) is 16.4 Å². The number of aromatic hydroxyl groups is 1. The fraction of sp³-hybridized carbons (Fsp3) is 0.214. The molecule has 23 heavy (non-hydrogen) atoms. The number of aromatic amines is 1. The fourth-order valence-corrected chi connectivity index (χ4v) is 5.39. The summed E-state index contributed by atoms with van der Waals surface area (Å²) in [6.45, 7) is 0. The summed E-state index contributed by atoms with van der Waals surface area (Å²) in [7, 11) is 0. The molecule has 0 aliphatic carbocycles. The van der Waals surface area contributed by atoms with Crippen LogP contribution in [-0.2, 0) is 9.59 Å². The zero-order valence-electron chi connectivity index (χ0n) is 11.3. The SMILES string of the molecule is O=C1Oc2cc(O)ccc2[C@@H]2c3sc(=O)[nH]c3S[C@@H](C(=O)O)[C@H]12. The predicted molar refractivity (Wildman–Crippen MR) is 81.3 cm³/mol. The smallest absolute Gasteiger partial charge is 0.317 e. The number of fused-ring (bicyclic) bond motifs is 5. The van der Waals surface area contributed by atoms with E-state index in [1.165, 1.54) is 12.1 Å². The monoisotopic (exact) mass is 351 g/mol. The topological polar surface area (TPSA) is 117 Å². The summed E-state index contributed by atoms with van der Waals surface area (Å²) in [5.74, 6) is -3.17. The zero-order chi connectivity index (χ0) is 16.3. The number of phenolic OH excluding ortho intramolecular Hbond substituents is 1. The van der Waals surface area contributed by atoms with Crippen LogP contribution < -0.4 is 9.61 Å². The molecule has 2 aliphatic heterocycles. The van der Waals surface area contributed by atoms with Gasteiger partial charge in [0.1, 0.15) is 16.7 Å². The molecule has 0 spiro atoms. The normalized spacial score (nSPS) is 25.0. The summed E-state index contributed by atoms with van der Waals surface area (Å²) >= 11 is 1.92. The minimum absolute atomic E-state index is 0.0579. The van der Waals surface area contributed by atoms with Crippen LogP contribution in [-0.4, -0.2) is 32.4 Å². The molecule has 7 nitrogen and oxygen atoms in total. The van der Waals surface area contributed by atoms with Crippen molar-refractivity contribution in [3.05, 3.63) is 38.3 Å². The Kier molecular flexibility index (Phi) is 3.03. The third-order valence-corrected chi connectivity index (χ3v) is 6.31. The highest BCUT2D eigenvalue weighted by Crippen LogP contribution is 2.53. The lowest BCUT2D eigenvalue weighted by Crippen LogP contribution is -2.44. The first-order valence-corrected chi connectivity index (χ1v) is 8.32. The van der Waals surface area contributed by atoms with Crippen LogP contribution in [0.2, 0.25) is 0 Å². The Morgan fingerprint density at radius 1 is 1.30 bits per heavy atom. The summed E-state index contributed by atoms with van der Waals surface area (Å²) < 4.78 is 5.23. The summed E-state index contributed by atoms with van der Waals surface area (Å²) in [4.78, 5) is 38.6. The summed E-state index contributed by atoms with van der Waals surface area (Å²) in [6, 6.07) is 4.36. The van der Waals surface area contributed by atoms with Gasteiger partial charge in [0.15, 0.2) is 0 Å². The molecule has 0 amide bonds. The lowest BCUT2D eigenvalue weighted by atomic mass is 9.80. The number of carbonyl (C=O) groups is 2. The summed E-state index contributed by atoms with van der Waals surface area (Å²) in [5, 5.41) is 18.5. The number of aromatic nitrogens is 1. The second-order valence-corrected chi connectivity index (χ2v) is 7.40. The largest absolute Gasteiger partial charge is 0.508 e. The number of thioether (sulfide) groups is 1. The van der Waals surface area contributed by atoms with Gasteiger partial charge < -0.3 is 19.9 Å². The maximum atomic E-state index is 12.4. The van der Waals surface area contributed by atoms with Crippen molar-refractivity contribution in [2.24, 2.45) is 5.92 Å². The first-order chi connectivity index (χ1) is 11.0. The number of ether oxygens (including phenoxy) is 1. The van der Waals surface area contributed by atoms with Crippen LogP contribution >= 0.6 is 23.1 Å². The van der Waals surface area contributed by atoms with Gasteiger partial charge in [0.05, 0.1) is 10.9 Å². The van der Waals surface area contributed by atoms with Crippen molar-refractivity contribution in [1.82, 2.24) is 4.98 Å². The van der Waals surface area contributed by atoms with E-state index in [9.17, 15) is 24.6 Å². The van der Waals surface area contributed by atoms with Gasteiger partial charge in [-0.15, -0.1) is 0 Å². The average Bonchev–Trinajstić information content (AvgIpc) is 2.85. The van der Waals surface area contributed by atoms with E-state index in [0.717, 1.165) is 23.1 Å². The van der Waals surface area contributed by atoms with Crippen LogP contribution in [0, 0.1) is 5.92 Å². The minimum Gasteiger partial charge on any atom is -0.508 e. The van der Waals surface area contributed by atoms with Crippen molar-refractivity contribution in [2.75, 3.05) is 0 Å². The second-order valence-electron chi connectivity index (χ2n) is 5.23. The number of hydrogen-bond acceptors (Lipinski definition) is 7. The molecule has 2 aliphatic rings. The molecule has 118 valence electrons. The number of phenols is 1. The van der Waals surface area contributed by atoms with Gasteiger partial charge in [0.2, 0.25) is 0 Å². The van der Waals surface area contributed by atoms with Gasteiger partial charge in [0, 0.05) is 22.4 Å². The number of carboxylic acids is 1. The number of nitrogens with one attached hydrogen (secondary N) is 1. The Morgan fingerprint density at radius 2 is 2.09 bits per heavy atom. The molecule has 4 rings (SSSR count). The first-order valence-electron chi connectivity index (χ1n) is 6.63. The number of benzene rings is 1. The number of rotatable bonds is 1.